The van der Waals surface area contributed by atoms with Crippen molar-refractivity contribution in [3.05, 3.63) is 21.6 Å². The normalized spacial score (nSPS) is 26.9. The lowest BCUT2D eigenvalue weighted by Gasteiger charge is -2.39. The van der Waals surface area contributed by atoms with E-state index in [4.69, 9.17) is 21.1 Å². The summed E-state index contributed by atoms with van der Waals surface area (Å²) in [4.78, 5) is 14.6. The van der Waals surface area contributed by atoms with Crippen LogP contribution in [0.1, 0.15) is 13.3 Å². The highest BCUT2D eigenvalue weighted by atomic mass is 35.5. The Morgan fingerprint density at radius 2 is 2.30 bits per heavy atom. The molecule has 1 unspecified atom stereocenters. The van der Waals surface area contributed by atoms with Gasteiger partial charge in [-0.3, -0.25) is 4.79 Å². The van der Waals surface area contributed by atoms with E-state index >= 15 is 0 Å². The second-order valence-electron chi connectivity index (χ2n) is 5.63. The Balaban J connectivity index is 1.96. The summed E-state index contributed by atoms with van der Waals surface area (Å²) >= 11 is 6.09. The maximum Gasteiger partial charge on any atom is 0.290 e. The predicted molar refractivity (Wildman–Crippen MR) is 75.6 cm³/mol. The molecule has 0 aromatic carbocycles. The zero-order valence-electron chi connectivity index (χ0n) is 11.6. The van der Waals surface area contributed by atoms with Gasteiger partial charge < -0.3 is 14.4 Å². The fourth-order valence-electron chi connectivity index (χ4n) is 2.65. The minimum atomic E-state index is -0.414. The van der Waals surface area contributed by atoms with Crippen molar-refractivity contribution in [3.63, 3.8) is 0 Å². The van der Waals surface area contributed by atoms with Crippen LogP contribution in [0.2, 0.25) is 5.15 Å². The van der Waals surface area contributed by atoms with E-state index in [1.807, 2.05) is 11.8 Å². The quantitative estimate of drug-likeness (QED) is 0.829. The first kappa shape index (κ1) is 13.9. The Morgan fingerprint density at radius 1 is 1.55 bits per heavy atom. The first-order chi connectivity index (χ1) is 9.53. The molecule has 0 saturated carbocycles. The van der Waals surface area contributed by atoms with Gasteiger partial charge in [-0.05, 0) is 13.3 Å². The average molecular weight is 300 g/mol. The monoisotopic (exact) mass is 299 g/mol. The summed E-state index contributed by atoms with van der Waals surface area (Å²) in [6, 6.07) is 1.63. The lowest BCUT2D eigenvalue weighted by molar-refractivity contribution is 0.0783. The molecule has 2 aliphatic rings. The topological polar surface area (TPSA) is 56.6 Å². The highest BCUT2D eigenvalue weighted by molar-refractivity contribution is 6.29. The van der Waals surface area contributed by atoms with Gasteiger partial charge in [-0.25, -0.2) is 4.68 Å². The van der Waals surface area contributed by atoms with Gasteiger partial charge >= 0.3 is 0 Å². The molecule has 2 fully saturated rings. The molecule has 1 aromatic heterocycles. The number of aromatic nitrogens is 2. The van der Waals surface area contributed by atoms with E-state index < -0.39 is 5.54 Å². The second-order valence-corrected chi connectivity index (χ2v) is 6.02. The Bertz CT molecular complexity index is 562. The van der Waals surface area contributed by atoms with E-state index in [-0.39, 0.29) is 11.7 Å². The molecule has 20 heavy (non-hydrogen) atoms. The van der Waals surface area contributed by atoms with E-state index in [0.717, 1.165) is 6.42 Å². The summed E-state index contributed by atoms with van der Waals surface area (Å²) in [5, 5.41) is 4.53. The highest BCUT2D eigenvalue weighted by Gasteiger charge is 2.36. The number of anilines is 1. The van der Waals surface area contributed by atoms with Crippen molar-refractivity contribution in [2.45, 2.75) is 25.0 Å². The zero-order valence-corrected chi connectivity index (χ0v) is 12.4. The van der Waals surface area contributed by atoms with Crippen LogP contribution in [0.4, 0.5) is 5.69 Å². The molecule has 0 spiro atoms. The van der Waals surface area contributed by atoms with Crippen LogP contribution >= 0.6 is 11.6 Å². The summed E-state index contributed by atoms with van der Waals surface area (Å²) in [6.07, 6.45) is 0.945. The van der Waals surface area contributed by atoms with Crippen molar-refractivity contribution in [3.8, 4) is 0 Å². The number of rotatable bonds is 3. The molecule has 0 aliphatic carbocycles. The summed E-state index contributed by atoms with van der Waals surface area (Å²) in [5.74, 6) is 0. The van der Waals surface area contributed by atoms with Gasteiger partial charge in [-0.1, -0.05) is 11.6 Å². The summed E-state index contributed by atoms with van der Waals surface area (Å²) in [7, 11) is 1.68. The third kappa shape index (κ3) is 2.21. The zero-order chi connectivity index (χ0) is 14.3. The van der Waals surface area contributed by atoms with Gasteiger partial charge in [-0.15, -0.1) is 0 Å². The standard InChI is InChI=1S/C13H18ClN3O3/c1-13(3-4-20-8-13)17-12(18)10(5-11(14)15-17)16-6-9(7-16)19-2/h5,9H,3-4,6-8H2,1-2H3. The van der Waals surface area contributed by atoms with Crippen LogP contribution in [0.5, 0.6) is 0 Å². The Hall–Kier alpha value is -1.11. The van der Waals surface area contributed by atoms with E-state index in [1.54, 1.807) is 13.2 Å². The molecule has 0 radical (unpaired) electrons. The Kier molecular flexibility index (Phi) is 3.48. The van der Waals surface area contributed by atoms with Gasteiger partial charge in [-0.2, -0.15) is 5.10 Å². The summed E-state index contributed by atoms with van der Waals surface area (Å²) in [6.45, 7) is 4.52. The number of halogens is 1. The molecule has 6 nitrogen and oxygen atoms in total. The maximum atomic E-state index is 12.6. The molecule has 1 aromatic rings. The molecular weight excluding hydrogens is 282 g/mol. The van der Waals surface area contributed by atoms with Gasteiger partial charge in [0.15, 0.2) is 5.15 Å². The number of nitrogens with zero attached hydrogens (tertiary/aromatic N) is 3. The smallest absolute Gasteiger partial charge is 0.290 e. The number of ether oxygens (including phenoxy) is 2. The fraction of sp³-hybridized carbons (Fsp3) is 0.692. The van der Waals surface area contributed by atoms with E-state index in [0.29, 0.717) is 37.1 Å². The van der Waals surface area contributed by atoms with Gasteiger partial charge in [0, 0.05) is 32.9 Å². The maximum absolute atomic E-state index is 12.6. The van der Waals surface area contributed by atoms with E-state index in [9.17, 15) is 4.79 Å². The fourth-order valence-corrected chi connectivity index (χ4v) is 2.83. The van der Waals surface area contributed by atoms with Crippen molar-refractivity contribution in [1.29, 1.82) is 0 Å². The lowest BCUT2D eigenvalue weighted by atomic mass is 10.0. The van der Waals surface area contributed by atoms with Gasteiger partial charge in [0.25, 0.3) is 5.56 Å². The summed E-state index contributed by atoms with van der Waals surface area (Å²) < 4.78 is 12.1. The van der Waals surface area contributed by atoms with Crippen LogP contribution < -0.4 is 10.5 Å². The molecule has 0 N–H and O–H groups in total. The van der Waals surface area contributed by atoms with Crippen molar-refractivity contribution in [1.82, 2.24) is 9.78 Å². The molecule has 0 amide bonds. The van der Waals surface area contributed by atoms with Gasteiger partial charge in [0.05, 0.1) is 18.2 Å². The molecule has 3 heterocycles. The molecule has 2 aliphatic heterocycles. The molecule has 110 valence electrons. The van der Waals surface area contributed by atoms with Crippen LogP contribution in [0, 0.1) is 0 Å². The number of methoxy groups -OCH3 is 1. The third-order valence-electron chi connectivity index (χ3n) is 4.09. The van der Waals surface area contributed by atoms with E-state index in [1.165, 1.54) is 4.68 Å². The highest BCUT2D eigenvalue weighted by Crippen LogP contribution is 2.27. The number of hydrogen-bond acceptors (Lipinski definition) is 5. The van der Waals surface area contributed by atoms with Gasteiger partial charge in [0.2, 0.25) is 0 Å². The van der Waals surface area contributed by atoms with Crippen molar-refractivity contribution in [2.24, 2.45) is 0 Å². The Morgan fingerprint density at radius 3 is 2.90 bits per heavy atom. The van der Waals surface area contributed by atoms with E-state index in [2.05, 4.69) is 5.10 Å². The van der Waals surface area contributed by atoms with Crippen LogP contribution in [-0.4, -0.2) is 49.3 Å². The SMILES string of the molecule is COC1CN(c2cc(Cl)nn(C3(C)CCOC3)c2=O)C1. The molecule has 3 rings (SSSR count). The molecule has 7 heteroatoms. The van der Waals surface area contributed by atoms with Crippen molar-refractivity contribution >= 4 is 17.3 Å². The van der Waals surface area contributed by atoms with Crippen LogP contribution in [-0.2, 0) is 15.0 Å². The van der Waals surface area contributed by atoms with Gasteiger partial charge in [0.1, 0.15) is 5.69 Å². The molecule has 2 saturated heterocycles. The largest absolute Gasteiger partial charge is 0.379 e. The third-order valence-corrected chi connectivity index (χ3v) is 4.28. The molecule has 1 atom stereocenters. The second kappa shape index (κ2) is 5.02. The summed E-state index contributed by atoms with van der Waals surface area (Å²) in [5.41, 5.74) is 0.0609. The first-order valence-corrected chi connectivity index (χ1v) is 7.07. The predicted octanol–water partition coefficient (Wildman–Crippen LogP) is 0.867. The molecular formula is C13H18ClN3O3. The lowest BCUT2D eigenvalue weighted by Crippen LogP contribution is -2.55. The Labute approximate surface area is 122 Å². The minimum absolute atomic E-state index is 0.114. The first-order valence-electron chi connectivity index (χ1n) is 6.69. The van der Waals surface area contributed by atoms with Crippen molar-refractivity contribution in [2.75, 3.05) is 38.3 Å². The van der Waals surface area contributed by atoms with Crippen molar-refractivity contribution < 1.29 is 9.47 Å². The van der Waals surface area contributed by atoms with Crippen LogP contribution in [0.15, 0.2) is 10.9 Å². The minimum Gasteiger partial charge on any atom is -0.379 e. The average Bonchev–Trinajstić information content (AvgIpc) is 2.80. The number of hydrogen-bond donors (Lipinski definition) is 0. The van der Waals surface area contributed by atoms with Crippen LogP contribution in [0.25, 0.3) is 0 Å². The molecule has 0 bridgehead atoms. The van der Waals surface area contributed by atoms with Crippen LogP contribution in [0.3, 0.4) is 0 Å².